The Bertz CT molecular complexity index is 1520. The first-order chi connectivity index (χ1) is 17.6. The van der Waals surface area contributed by atoms with Gasteiger partial charge in [0.25, 0.3) is 11.6 Å². The summed E-state index contributed by atoms with van der Waals surface area (Å²) in [5.41, 5.74) is 0.1000. The highest BCUT2D eigenvalue weighted by Gasteiger charge is 2.33. The highest BCUT2D eigenvalue weighted by atomic mass is 79.9. The molecule has 0 radical (unpaired) electrons. The topological polar surface area (TPSA) is 125 Å². The smallest absolute Gasteiger partial charge is 0.318 e. The molecule has 0 bridgehead atoms. The molecule has 1 fully saturated rings. The van der Waals surface area contributed by atoms with Gasteiger partial charge in [-0.25, -0.2) is 0 Å². The number of nitro benzene ring substituents is 2. The van der Waals surface area contributed by atoms with Crippen molar-refractivity contribution in [3.63, 3.8) is 0 Å². The number of carbonyl (C=O) groups excluding carboxylic acids is 1. The van der Waals surface area contributed by atoms with E-state index >= 15 is 0 Å². The molecule has 1 aliphatic heterocycles. The summed E-state index contributed by atoms with van der Waals surface area (Å²) < 4.78 is 12.1. The van der Waals surface area contributed by atoms with E-state index in [2.05, 4.69) is 15.9 Å². The Kier molecular flexibility index (Phi) is 7.78. The number of thiocarbonyl (C=S) groups is 1. The molecule has 0 aromatic heterocycles. The van der Waals surface area contributed by atoms with Crippen molar-refractivity contribution < 1.29 is 24.1 Å². The Morgan fingerprint density at radius 3 is 2.41 bits per heavy atom. The zero-order valence-electron chi connectivity index (χ0n) is 18.5. The second kappa shape index (κ2) is 10.8. The van der Waals surface area contributed by atoms with Gasteiger partial charge >= 0.3 is 5.69 Å². The quantitative estimate of drug-likeness (QED) is 0.117. The van der Waals surface area contributed by atoms with Crippen LogP contribution in [0.1, 0.15) is 5.56 Å². The molecular formula is C23H13BrClN3O7S2. The lowest BCUT2D eigenvalue weighted by Crippen LogP contribution is -2.27. The Labute approximate surface area is 232 Å². The Hall–Kier alpha value is -3.52. The van der Waals surface area contributed by atoms with Crippen molar-refractivity contribution in [2.75, 3.05) is 12.0 Å². The number of non-ortho nitro benzene ring substituents is 1. The first-order valence-corrected chi connectivity index (χ1v) is 12.5. The largest absolute Gasteiger partial charge is 0.493 e. The number of hydrogen-bond donors (Lipinski definition) is 0. The van der Waals surface area contributed by atoms with Gasteiger partial charge in [0.1, 0.15) is 0 Å². The van der Waals surface area contributed by atoms with Crippen LogP contribution in [0.5, 0.6) is 17.2 Å². The SMILES string of the molecule is COc1cc(/C=C2/SC(=S)N(c3ccc(Br)c(Cl)c3)C2=O)ccc1Oc1ccc([N+](=O)[O-])cc1[N+](=O)[O-]. The Morgan fingerprint density at radius 1 is 1.03 bits per heavy atom. The lowest BCUT2D eigenvalue weighted by molar-refractivity contribution is -0.394. The Balaban J connectivity index is 1.62. The maximum absolute atomic E-state index is 13.1. The van der Waals surface area contributed by atoms with Gasteiger partial charge in [-0.15, -0.1) is 0 Å². The number of nitrogens with zero attached hydrogens (tertiary/aromatic N) is 3. The lowest BCUT2D eigenvalue weighted by atomic mass is 10.1. The number of methoxy groups -OCH3 is 1. The van der Waals surface area contributed by atoms with Gasteiger partial charge in [0.05, 0.1) is 38.6 Å². The second-order valence-corrected chi connectivity index (χ2v) is 10.2. The van der Waals surface area contributed by atoms with Crippen LogP contribution >= 0.6 is 51.5 Å². The number of rotatable bonds is 7. The van der Waals surface area contributed by atoms with Gasteiger partial charge in [-0.2, -0.15) is 0 Å². The number of ether oxygens (including phenoxy) is 2. The summed E-state index contributed by atoms with van der Waals surface area (Å²) in [6.45, 7) is 0. The van der Waals surface area contributed by atoms with Crippen LogP contribution in [-0.2, 0) is 4.79 Å². The maximum atomic E-state index is 13.1. The molecule has 188 valence electrons. The third-order valence-electron chi connectivity index (χ3n) is 5.01. The average Bonchev–Trinajstić information content (AvgIpc) is 3.14. The van der Waals surface area contributed by atoms with E-state index in [1.54, 1.807) is 36.4 Å². The van der Waals surface area contributed by atoms with E-state index in [-0.39, 0.29) is 23.2 Å². The van der Waals surface area contributed by atoms with Crippen LogP contribution in [0.25, 0.3) is 6.08 Å². The van der Waals surface area contributed by atoms with E-state index in [1.807, 2.05) is 0 Å². The molecule has 1 heterocycles. The highest BCUT2D eigenvalue weighted by molar-refractivity contribution is 9.10. The standard InChI is InChI=1S/C23H13BrClN3O7S2/c1-34-20-8-12(2-6-19(20)35-18-7-4-14(27(30)31)11-17(18)28(32)33)9-21-22(29)26(23(36)37-21)13-3-5-15(24)16(25)10-13/h2-11H,1H3/b21-9+. The van der Waals surface area contributed by atoms with Crippen LogP contribution in [0.3, 0.4) is 0 Å². The van der Waals surface area contributed by atoms with E-state index in [1.165, 1.54) is 18.1 Å². The molecular weight excluding hydrogens is 610 g/mol. The fraction of sp³-hybridized carbons (Fsp3) is 0.0435. The number of anilines is 1. The van der Waals surface area contributed by atoms with Crippen LogP contribution in [0, 0.1) is 20.2 Å². The molecule has 0 saturated carbocycles. The summed E-state index contributed by atoms with van der Waals surface area (Å²) in [6, 6.07) is 12.8. The normalized spacial score (nSPS) is 14.2. The van der Waals surface area contributed by atoms with E-state index in [9.17, 15) is 25.0 Å². The van der Waals surface area contributed by atoms with Gasteiger partial charge in [0.2, 0.25) is 5.75 Å². The predicted octanol–water partition coefficient (Wildman–Crippen LogP) is 7.13. The van der Waals surface area contributed by atoms with Gasteiger partial charge in [-0.3, -0.25) is 29.9 Å². The number of benzene rings is 3. The van der Waals surface area contributed by atoms with Crippen LogP contribution in [0.15, 0.2) is 64.0 Å². The van der Waals surface area contributed by atoms with Crippen molar-refractivity contribution in [1.82, 2.24) is 0 Å². The number of carbonyl (C=O) groups is 1. The fourth-order valence-electron chi connectivity index (χ4n) is 3.29. The summed E-state index contributed by atoms with van der Waals surface area (Å²) in [5, 5.41) is 22.8. The number of hydrogen-bond acceptors (Lipinski definition) is 9. The van der Waals surface area contributed by atoms with Gasteiger partial charge in [-0.1, -0.05) is 41.6 Å². The van der Waals surface area contributed by atoms with Gasteiger partial charge < -0.3 is 9.47 Å². The van der Waals surface area contributed by atoms with Crippen molar-refractivity contribution in [2.45, 2.75) is 0 Å². The third-order valence-corrected chi connectivity index (χ3v) is 7.55. The van der Waals surface area contributed by atoms with Crippen molar-refractivity contribution in [3.05, 3.63) is 94.8 Å². The van der Waals surface area contributed by atoms with Crippen molar-refractivity contribution >= 4 is 84.9 Å². The number of nitro groups is 2. The molecule has 1 amide bonds. The molecule has 10 nitrogen and oxygen atoms in total. The van der Waals surface area contributed by atoms with Gasteiger partial charge in [0.15, 0.2) is 15.8 Å². The van der Waals surface area contributed by atoms with Crippen LogP contribution in [-0.4, -0.2) is 27.2 Å². The minimum Gasteiger partial charge on any atom is -0.493 e. The molecule has 0 unspecified atom stereocenters. The minimum absolute atomic E-state index is 0.133. The van der Waals surface area contributed by atoms with E-state index < -0.39 is 21.2 Å². The molecule has 3 aromatic rings. The molecule has 37 heavy (non-hydrogen) atoms. The summed E-state index contributed by atoms with van der Waals surface area (Å²) in [7, 11) is 1.38. The Morgan fingerprint density at radius 2 is 1.76 bits per heavy atom. The maximum Gasteiger partial charge on any atom is 0.318 e. The molecule has 0 aliphatic carbocycles. The molecule has 1 saturated heterocycles. The number of amides is 1. The number of halogens is 2. The van der Waals surface area contributed by atoms with Crippen LogP contribution < -0.4 is 14.4 Å². The average molecular weight is 623 g/mol. The fourth-order valence-corrected chi connectivity index (χ4v) is 5.01. The first kappa shape index (κ1) is 26.5. The highest BCUT2D eigenvalue weighted by Crippen LogP contribution is 2.41. The van der Waals surface area contributed by atoms with E-state index in [0.717, 1.165) is 30.0 Å². The molecule has 0 atom stereocenters. The second-order valence-electron chi connectivity index (χ2n) is 7.29. The summed E-state index contributed by atoms with van der Waals surface area (Å²) in [5.74, 6) is -0.171. The zero-order valence-corrected chi connectivity index (χ0v) is 22.5. The minimum atomic E-state index is -0.774. The number of thioether (sulfide) groups is 1. The summed E-state index contributed by atoms with van der Waals surface area (Å²) in [6.07, 6.45) is 1.63. The van der Waals surface area contributed by atoms with Gasteiger partial charge in [-0.05, 0) is 64.0 Å². The van der Waals surface area contributed by atoms with Crippen molar-refractivity contribution in [2.24, 2.45) is 0 Å². The lowest BCUT2D eigenvalue weighted by Gasteiger charge is -2.15. The molecule has 4 rings (SSSR count). The molecule has 0 spiro atoms. The summed E-state index contributed by atoms with van der Waals surface area (Å²) in [4.78, 5) is 35.7. The molecule has 0 N–H and O–H groups in total. The van der Waals surface area contributed by atoms with Crippen LogP contribution in [0.2, 0.25) is 5.02 Å². The predicted molar refractivity (Wildman–Crippen MR) is 148 cm³/mol. The summed E-state index contributed by atoms with van der Waals surface area (Å²) >= 11 is 16.0. The molecule has 3 aromatic carbocycles. The van der Waals surface area contributed by atoms with Crippen LogP contribution in [0.4, 0.5) is 17.1 Å². The van der Waals surface area contributed by atoms with Crippen molar-refractivity contribution in [3.8, 4) is 17.2 Å². The van der Waals surface area contributed by atoms with E-state index in [4.69, 9.17) is 33.3 Å². The van der Waals surface area contributed by atoms with E-state index in [0.29, 0.717) is 30.0 Å². The molecule has 1 aliphatic rings. The monoisotopic (exact) mass is 621 g/mol. The molecule has 14 heteroatoms. The van der Waals surface area contributed by atoms with Crippen molar-refractivity contribution in [1.29, 1.82) is 0 Å². The first-order valence-electron chi connectivity index (χ1n) is 10.1. The third kappa shape index (κ3) is 5.59. The zero-order chi connectivity index (χ0) is 26.9. The van der Waals surface area contributed by atoms with Gasteiger partial charge in [0, 0.05) is 10.5 Å².